The van der Waals surface area contributed by atoms with Gasteiger partial charge in [0.05, 0.1) is 11.3 Å². The molecule has 1 fully saturated rings. The smallest absolute Gasteiger partial charge is 0.258 e. The molecule has 0 unspecified atom stereocenters. The summed E-state index contributed by atoms with van der Waals surface area (Å²) in [7, 11) is 1.60. The number of benzene rings is 1. The largest absolute Gasteiger partial charge is 0.338 e. The molecule has 2 aliphatic rings. The number of nitrogens with one attached hydrogen (secondary N) is 1. The molecule has 0 saturated heterocycles. The maximum absolute atomic E-state index is 14.4. The average Bonchev–Trinajstić information content (AvgIpc) is 3.45. The van der Waals surface area contributed by atoms with Crippen LogP contribution in [-0.4, -0.2) is 34.2 Å². The lowest BCUT2D eigenvalue weighted by Gasteiger charge is -2.30. The van der Waals surface area contributed by atoms with Gasteiger partial charge in [0, 0.05) is 30.6 Å². The Bertz CT molecular complexity index is 953. The molecule has 7 heteroatoms. The van der Waals surface area contributed by atoms with E-state index in [1.807, 2.05) is 17.2 Å². The van der Waals surface area contributed by atoms with Crippen LogP contribution >= 0.6 is 11.8 Å². The number of anilines is 2. The molecule has 2 heterocycles. The molecule has 0 bridgehead atoms. The maximum atomic E-state index is 14.4. The Kier molecular flexibility index (Phi) is 4.26. The second kappa shape index (κ2) is 6.46. The van der Waals surface area contributed by atoms with Crippen LogP contribution in [0.2, 0.25) is 0 Å². The number of halogens is 1. The van der Waals surface area contributed by atoms with Gasteiger partial charge in [0.15, 0.2) is 0 Å². The fraction of sp³-hybridized carbons (Fsp3) is 0.368. The molecule has 2 aromatic rings. The van der Waals surface area contributed by atoms with Crippen molar-refractivity contribution >= 4 is 29.2 Å². The van der Waals surface area contributed by atoms with Gasteiger partial charge in [0.2, 0.25) is 0 Å². The number of hydrogen-bond acceptors (Lipinski definition) is 4. The van der Waals surface area contributed by atoms with Gasteiger partial charge in [-0.25, -0.2) is 4.39 Å². The molecule has 136 valence electrons. The lowest BCUT2D eigenvalue weighted by atomic mass is 9.99. The van der Waals surface area contributed by atoms with Gasteiger partial charge in [0.1, 0.15) is 11.6 Å². The van der Waals surface area contributed by atoms with Gasteiger partial charge in [-0.1, -0.05) is 0 Å². The average molecular weight is 373 g/mol. The zero-order valence-electron chi connectivity index (χ0n) is 14.7. The van der Waals surface area contributed by atoms with Crippen LogP contribution in [0.4, 0.5) is 15.9 Å². The summed E-state index contributed by atoms with van der Waals surface area (Å²) in [6, 6.07) is 6.71. The summed E-state index contributed by atoms with van der Waals surface area (Å²) in [5.74, 6) is -0.129. The Morgan fingerprint density at radius 2 is 2.00 bits per heavy atom. The van der Waals surface area contributed by atoms with Crippen LogP contribution in [0.15, 0.2) is 34.0 Å². The monoisotopic (exact) mass is 373 g/mol. The molecule has 1 aromatic carbocycles. The third-order valence-corrected chi connectivity index (χ3v) is 5.76. The molecule has 1 saturated carbocycles. The first kappa shape index (κ1) is 17.1. The van der Waals surface area contributed by atoms with Crippen LogP contribution in [0.1, 0.15) is 28.8 Å². The highest BCUT2D eigenvalue weighted by molar-refractivity contribution is 7.98. The molecule has 4 rings (SSSR count). The number of carbonyl (C=O) groups is 1. The molecule has 1 amide bonds. The molecule has 1 aliphatic heterocycles. The molecular weight excluding hydrogens is 353 g/mol. The third kappa shape index (κ3) is 2.90. The minimum atomic E-state index is -0.413. The van der Waals surface area contributed by atoms with E-state index in [0.717, 1.165) is 23.3 Å². The highest BCUT2D eigenvalue weighted by Crippen LogP contribution is 2.34. The number of hydrogen-bond donors (Lipinski definition) is 1. The summed E-state index contributed by atoms with van der Waals surface area (Å²) in [5.41, 5.74) is 1.26. The first-order valence-corrected chi connectivity index (χ1v) is 9.86. The zero-order valence-corrected chi connectivity index (χ0v) is 15.5. The summed E-state index contributed by atoms with van der Waals surface area (Å²) in [5, 5.41) is 3.00. The lowest BCUT2D eigenvalue weighted by Crippen LogP contribution is -2.41. The molecule has 0 radical (unpaired) electrons. The van der Waals surface area contributed by atoms with Crippen LogP contribution in [0.5, 0.6) is 0 Å². The van der Waals surface area contributed by atoms with Gasteiger partial charge in [-0.3, -0.25) is 14.2 Å². The van der Waals surface area contributed by atoms with E-state index >= 15 is 0 Å². The Labute approximate surface area is 155 Å². The Morgan fingerprint density at radius 3 is 2.65 bits per heavy atom. The molecule has 1 aliphatic carbocycles. The van der Waals surface area contributed by atoms with Gasteiger partial charge >= 0.3 is 0 Å². The summed E-state index contributed by atoms with van der Waals surface area (Å²) in [4.78, 5) is 28.0. The fourth-order valence-electron chi connectivity index (χ4n) is 3.40. The quantitative estimate of drug-likeness (QED) is 0.837. The molecule has 5 nitrogen and oxygen atoms in total. The highest BCUT2D eigenvalue weighted by atomic mass is 32.2. The second-order valence-electron chi connectivity index (χ2n) is 6.74. The topological polar surface area (TPSA) is 54.3 Å². The van der Waals surface area contributed by atoms with E-state index < -0.39 is 5.82 Å². The lowest BCUT2D eigenvalue weighted by molar-refractivity contribution is 0.0727. The van der Waals surface area contributed by atoms with Gasteiger partial charge in [-0.2, -0.15) is 0 Å². The van der Waals surface area contributed by atoms with E-state index in [9.17, 15) is 14.0 Å². The predicted molar refractivity (Wildman–Crippen MR) is 101 cm³/mol. The van der Waals surface area contributed by atoms with Crippen LogP contribution in [0.3, 0.4) is 0 Å². The molecule has 0 atom stereocenters. The Hall–Kier alpha value is -2.28. The van der Waals surface area contributed by atoms with Crippen molar-refractivity contribution in [3.8, 4) is 0 Å². The Morgan fingerprint density at radius 1 is 1.23 bits per heavy atom. The molecule has 1 N–H and O–H groups in total. The van der Waals surface area contributed by atoms with E-state index in [2.05, 4.69) is 5.32 Å². The molecule has 0 spiro atoms. The second-order valence-corrected chi connectivity index (χ2v) is 7.62. The third-order valence-electron chi connectivity index (χ3n) is 5.04. The minimum Gasteiger partial charge on any atom is -0.338 e. The SMILES string of the molecule is CSc1ccc(Nc2c3c(cc(=O)n2C)CCN(C2CC2)C3=O)c(F)c1. The summed E-state index contributed by atoms with van der Waals surface area (Å²) >= 11 is 1.45. The van der Waals surface area contributed by atoms with E-state index in [1.165, 1.54) is 28.5 Å². The summed E-state index contributed by atoms with van der Waals surface area (Å²) in [6.07, 6.45) is 4.58. The number of aromatic nitrogens is 1. The minimum absolute atomic E-state index is 0.0759. The van der Waals surface area contributed by atoms with Crippen molar-refractivity contribution in [2.45, 2.75) is 30.2 Å². The van der Waals surface area contributed by atoms with Gasteiger partial charge in [-0.15, -0.1) is 11.8 Å². The number of rotatable bonds is 4. The van der Waals surface area contributed by atoms with Crippen LogP contribution < -0.4 is 10.9 Å². The van der Waals surface area contributed by atoms with Crippen molar-refractivity contribution in [2.24, 2.45) is 7.05 Å². The highest BCUT2D eigenvalue weighted by Gasteiger charge is 2.38. The number of carbonyl (C=O) groups excluding carboxylic acids is 1. The van der Waals surface area contributed by atoms with Crippen molar-refractivity contribution in [3.63, 3.8) is 0 Å². The Balaban J connectivity index is 1.79. The molecule has 1 aromatic heterocycles. The number of amides is 1. The van der Waals surface area contributed by atoms with Crippen molar-refractivity contribution in [2.75, 3.05) is 18.1 Å². The van der Waals surface area contributed by atoms with Crippen molar-refractivity contribution in [1.29, 1.82) is 0 Å². The summed E-state index contributed by atoms with van der Waals surface area (Å²) in [6.45, 7) is 0.639. The van der Waals surface area contributed by atoms with Gasteiger partial charge < -0.3 is 10.2 Å². The van der Waals surface area contributed by atoms with Crippen molar-refractivity contribution in [1.82, 2.24) is 9.47 Å². The van der Waals surface area contributed by atoms with Crippen LogP contribution in [-0.2, 0) is 13.5 Å². The number of fused-ring (bicyclic) bond motifs is 1. The normalized spacial score (nSPS) is 16.6. The first-order valence-electron chi connectivity index (χ1n) is 8.64. The number of thioether (sulfide) groups is 1. The predicted octanol–water partition coefficient (Wildman–Crippen LogP) is 3.15. The van der Waals surface area contributed by atoms with Crippen LogP contribution in [0.25, 0.3) is 0 Å². The van der Waals surface area contributed by atoms with Crippen molar-refractivity contribution in [3.05, 3.63) is 51.6 Å². The van der Waals surface area contributed by atoms with E-state index in [4.69, 9.17) is 0 Å². The summed E-state index contributed by atoms with van der Waals surface area (Å²) < 4.78 is 15.8. The molecular formula is C19H20FN3O2S. The zero-order chi connectivity index (χ0) is 18.4. The first-order chi connectivity index (χ1) is 12.5. The van der Waals surface area contributed by atoms with E-state index in [0.29, 0.717) is 30.4 Å². The van der Waals surface area contributed by atoms with Crippen molar-refractivity contribution < 1.29 is 9.18 Å². The van der Waals surface area contributed by atoms with Crippen LogP contribution in [0, 0.1) is 5.82 Å². The number of nitrogens with zero attached hydrogens (tertiary/aromatic N) is 2. The standard InChI is InChI=1S/C19H20FN3O2S/c1-22-16(24)9-11-7-8-23(12-3-4-12)19(25)17(11)18(22)21-15-6-5-13(26-2)10-14(15)20/h5-6,9-10,12,21H,3-4,7-8H2,1-2H3. The maximum Gasteiger partial charge on any atom is 0.258 e. The fourth-order valence-corrected chi connectivity index (χ4v) is 3.83. The van der Waals surface area contributed by atoms with Gasteiger partial charge in [-0.05, 0) is 49.3 Å². The molecule has 26 heavy (non-hydrogen) atoms. The van der Waals surface area contributed by atoms with E-state index in [-0.39, 0.29) is 17.2 Å². The van der Waals surface area contributed by atoms with Gasteiger partial charge in [0.25, 0.3) is 11.5 Å². The van der Waals surface area contributed by atoms with E-state index in [1.54, 1.807) is 13.1 Å². The number of pyridine rings is 1.